The van der Waals surface area contributed by atoms with Crippen molar-refractivity contribution in [3.05, 3.63) is 0 Å². The van der Waals surface area contributed by atoms with Gasteiger partial charge in [0.15, 0.2) is 0 Å². The van der Waals surface area contributed by atoms with Crippen LogP contribution in [0.4, 0.5) is 0 Å². The van der Waals surface area contributed by atoms with E-state index in [9.17, 15) is 9.90 Å². The van der Waals surface area contributed by atoms with Crippen LogP contribution in [0.1, 0.15) is 32.6 Å². The summed E-state index contributed by atoms with van der Waals surface area (Å²) in [7, 11) is 0. The summed E-state index contributed by atoms with van der Waals surface area (Å²) in [4.78, 5) is 13.0. The molecule has 0 aromatic rings. The molecule has 4 heteroatoms. The molecule has 1 fully saturated rings. The molecule has 1 aliphatic heterocycles. The molecule has 1 atom stereocenters. The zero-order valence-corrected chi connectivity index (χ0v) is 8.83. The third-order valence-electron chi connectivity index (χ3n) is 2.59. The first-order chi connectivity index (χ1) is 6.74. The quantitative estimate of drug-likeness (QED) is 0.628. The van der Waals surface area contributed by atoms with Crippen molar-refractivity contribution in [2.24, 2.45) is 0 Å². The molecular formula is C10H20N2O2. The zero-order valence-electron chi connectivity index (χ0n) is 8.83. The molecule has 0 radical (unpaired) electrons. The predicted octanol–water partition coefficient (Wildman–Crippen LogP) is 0.317. The number of amides is 1. The highest BCUT2D eigenvalue weighted by Gasteiger charge is 2.20. The first-order valence-electron chi connectivity index (χ1n) is 5.43. The fraction of sp³-hybridized carbons (Fsp3) is 0.900. The molecule has 82 valence electrons. The van der Waals surface area contributed by atoms with Crippen molar-refractivity contribution < 1.29 is 9.90 Å². The summed E-state index contributed by atoms with van der Waals surface area (Å²) in [5.41, 5.74) is 0. The van der Waals surface area contributed by atoms with Crippen molar-refractivity contribution in [2.45, 2.75) is 38.8 Å². The fourth-order valence-electron chi connectivity index (χ4n) is 1.70. The Balaban J connectivity index is 2.01. The summed E-state index contributed by atoms with van der Waals surface area (Å²) in [6, 6.07) is 0. The predicted molar refractivity (Wildman–Crippen MR) is 54.7 cm³/mol. The van der Waals surface area contributed by atoms with Gasteiger partial charge in [-0.1, -0.05) is 6.92 Å². The largest absolute Gasteiger partial charge is 0.378 e. The van der Waals surface area contributed by atoms with Crippen molar-refractivity contribution in [1.29, 1.82) is 0 Å². The first-order valence-corrected chi connectivity index (χ1v) is 5.43. The number of carbonyl (C=O) groups is 1. The fourth-order valence-corrected chi connectivity index (χ4v) is 1.70. The van der Waals surface area contributed by atoms with Gasteiger partial charge in [0.25, 0.3) is 0 Å². The molecule has 1 aliphatic rings. The summed E-state index contributed by atoms with van der Waals surface area (Å²) in [6.45, 7) is 4.43. The van der Waals surface area contributed by atoms with E-state index >= 15 is 0 Å². The van der Waals surface area contributed by atoms with Gasteiger partial charge in [-0.3, -0.25) is 9.69 Å². The Bertz CT molecular complexity index is 185. The van der Waals surface area contributed by atoms with Gasteiger partial charge in [0.1, 0.15) is 6.23 Å². The number of nitrogens with one attached hydrogen (secondary N) is 1. The Labute approximate surface area is 85.3 Å². The maximum atomic E-state index is 10.9. The molecule has 1 rings (SSSR count). The Morgan fingerprint density at radius 1 is 1.64 bits per heavy atom. The molecule has 0 saturated carbocycles. The Morgan fingerprint density at radius 3 is 3.00 bits per heavy atom. The summed E-state index contributed by atoms with van der Waals surface area (Å²) in [6.07, 6.45) is 3.19. The van der Waals surface area contributed by atoms with Crippen LogP contribution in [-0.4, -0.2) is 41.8 Å². The normalized spacial score (nSPS) is 22.6. The van der Waals surface area contributed by atoms with Crippen LogP contribution in [-0.2, 0) is 4.79 Å². The van der Waals surface area contributed by atoms with Crippen LogP contribution >= 0.6 is 0 Å². The Hall–Kier alpha value is -0.610. The topological polar surface area (TPSA) is 52.6 Å². The van der Waals surface area contributed by atoms with Crippen LogP contribution in [0.3, 0.4) is 0 Å². The lowest BCUT2D eigenvalue weighted by molar-refractivity contribution is -0.120. The maximum Gasteiger partial charge on any atom is 0.219 e. The minimum Gasteiger partial charge on any atom is -0.378 e. The lowest BCUT2D eigenvalue weighted by Gasteiger charge is -2.19. The van der Waals surface area contributed by atoms with Gasteiger partial charge < -0.3 is 10.4 Å². The summed E-state index contributed by atoms with van der Waals surface area (Å²) in [5.74, 6) is 0.104. The van der Waals surface area contributed by atoms with E-state index in [-0.39, 0.29) is 12.1 Å². The smallest absolute Gasteiger partial charge is 0.219 e. The van der Waals surface area contributed by atoms with Crippen molar-refractivity contribution >= 4 is 5.91 Å². The molecule has 0 spiro atoms. The second-order valence-electron chi connectivity index (χ2n) is 3.72. The second kappa shape index (κ2) is 5.98. The van der Waals surface area contributed by atoms with Crippen molar-refractivity contribution in [2.75, 3.05) is 19.6 Å². The zero-order chi connectivity index (χ0) is 10.4. The van der Waals surface area contributed by atoms with Gasteiger partial charge in [0, 0.05) is 26.1 Å². The number of hydrogen-bond donors (Lipinski definition) is 2. The standard InChI is InChI=1S/C10H20N2O2/c1-2-9(13)11-6-4-8-12-7-3-5-10(12)14/h10,14H,2-8H2,1H3,(H,11,13). The lowest BCUT2D eigenvalue weighted by Crippen LogP contribution is -2.32. The van der Waals surface area contributed by atoms with Crippen LogP contribution in [0.5, 0.6) is 0 Å². The van der Waals surface area contributed by atoms with E-state index in [1.807, 2.05) is 6.92 Å². The molecule has 2 N–H and O–H groups in total. The SMILES string of the molecule is CCC(=O)NCCCN1CCCC1O. The van der Waals surface area contributed by atoms with Gasteiger partial charge in [-0.05, 0) is 19.3 Å². The van der Waals surface area contributed by atoms with E-state index in [1.54, 1.807) is 0 Å². The molecule has 14 heavy (non-hydrogen) atoms. The summed E-state index contributed by atoms with van der Waals surface area (Å²) >= 11 is 0. The van der Waals surface area contributed by atoms with Crippen molar-refractivity contribution in [3.8, 4) is 0 Å². The summed E-state index contributed by atoms with van der Waals surface area (Å²) < 4.78 is 0. The number of rotatable bonds is 5. The number of carbonyl (C=O) groups excluding carboxylic acids is 1. The molecule has 0 aromatic heterocycles. The maximum absolute atomic E-state index is 10.9. The minimum atomic E-state index is -0.253. The number of aliphatic hydroxyl groups is 1. The van der Waals surface area contributed by atoms with Crippen LogP contribution in [0.15, 0.2) is 0 Å². The highest BCUT2D eigenvalue weighted by molar-refractivity contribution is 5.75. The van der Waals surface area contributed by atoms with E-state index < -0.39 is 0 Å². The van der Waals surface area contributed by atoms with Crippen LogP contribution in [0.25, 0.3) is 0 Å². The molecule has 1 unspecified atom stereocenters. The number of nitrogens with zero attached hydrogens (tertiary/aromatic N) is 1. The van der Waals surface area contributed by atoms with Gasteiger partial charge in [-0.2, -0.15) is 0 Å². The molecule has 1 amide bonds. The molecule has 0 aliphatic carbocycles. The average molecular weight is 200 g/mol. The van der Waals surface area contributed by atoms with Gasteiger partial charge in [0.2, 0.25) is 5.91 Å². The van der Waals surface area contributed by atoms with Crippen molar-refractivity contribution in [1.82, 2.24) is 10.2 Å². The third-order valence-corrected chi connectivity index (χ3v) is 2.59. The van der Waals surface area contributed by atoms with Gasteiger partial charge >= 0.3 is 0 Å². The Kier molecular flexibility index (Phi) is 4.90. The molecule has 0 aromatic carbocycles. The number of hydrogen-bond acceptors (Lipinski definition) is 3. The number of aliphatic hydroxyl groups excluding tert-OH is 1. The molecule has 4 nitrogen and oxygen atoms in total. The minimum absolute atomic E-state index is 0.104. The average Bonchev–Trinajstić information content (AvgIpc) is 2.58. The molecule has 0 bridgehead atoms. The van der Waals surface area contributed by atoms with E-state index in [0.29, 0.717) is 6.42 Å². The monoisotopic (exact) mass is 200 g/mol. The first kappa shape index (κ1) is 11.5. The highest BCUT2D eigenvalue weighted by atomic mass is 16.3. The van der Waals surface area contributed by atoms with Crippen molar-refractivity contribution in [3.63, 3.8) is 0 Å². The van der Waals surface area contributed by atoms with Gasteiger partial charge in [-0.25, -0.2) is 0 Å². The Morgan fingerprint density at radius 2 is 2.43 bits per heavy atom. The molecule has 1 heterocycles. The van der Waals surface area contributed by atoms with E-state index in [4.69, 9.17) is 0 Å². The highest BCUT2D eigenvalue weighted by Crippen LogP contribution is 2.13. The number of likely N-dealkylation sites (tertiary alicyclic amines) is 1. The lowest BCUT2D eigenvalue weighted by atomic mass is 10.3. The van der Waals surface area contributed by atoms with Gasteiger partial charge in [-0.15, -0.1) is 0 Å². The van der Waals surface area contributed by atoms with E-state index in [1.165, 1.54) is 0 Å². The van der Waals surface area contributed by atoms with E-state index in [0.717, 1.165) is 38.9 Å². The molecular weight excluding hydrogens is 180 g/mol. The molecule has 1 saturated heterocycles. The van der Waals surface area contributed by atoms with E-state index in [2.05, 4.69) is 10.2 Å². The van der Waals surface area contributed by atoms with Crippen LogP contribution in [0.2, 0.25) is 0 Å². The second-order valence-corrected chi connectivity index (χ2v) is 3.72. The summed E-state index contributed by atoms with van der Waals surface area (Å²) in [5, 5.41) is 12.3. The van der Waals surface area contributed by atoms with Crippen LogP contribution in [0, 0.1) is 0 Å². The third kappa shape index (κ3) is 3.64. The van der Waals surface area contributed by atoms with Crippen LogP contribution < -0.4 is 5.32 Å². The van der Waals surface area contributed by atoms with Gasteiger partial charge in [0.05, 0.1) is 0 Å².